The van der Waals surface area contributed by atoms with E-state index in [0.717, 1.165) is 70.1 Å². The number of esters is 1. The van der Waals surface area contributed by atoms with Crippen molar-refractivity contribution in [3.05, 3.63) is 0 Å². The first-order valence-corrected chi connectivity index (χ1v) is 17.8. The molecule has 2 bridgehead atoms. The Morgan fingerprint density at radius 1 is 0.955 bits per heavy atom. The molecular formula is C36H56O8. The van der Waals surface area contributed by atoms with Gasteiger partial charge in [-0.25, -0.2) is 0 Å². The summed E-state index contributed by atoms with van der Waals surface area (Å²) in [7, 11) is 0. The van der Waals surface area contributed by atoms with E-state index in [0.29, 0.717) is 43.0 Å². The zero-order chi connectivity index (χ0) is 31.3. The Labute approximate surface area is 263 Å². The van der Waals surface area contributed by atoms with Crippen molar-refractivity contribution in [1.82, 2.24) is 0 Å². The van der Waals surface area contributed by atoms with Crippen LogP contribution in [0.25, 0.3) is 0 Å². The fourth-order valence-electron chi connectivity index (χ4n) is 12.7. The molecule has 0 amide bonds. The molecule has 0 aromatic heterocycles. The van der Waals surface area contributed by atoms with Crippen molar-refractivity contribution in [3.8, 4) is 0 Å². The number of hydrogen-bond acceptors (Lipinski definition) is 8. The molecule has 0 aromatic rings. The molecule has 44 heavy (non-hydrogen) atoms. The highest BCUT2D eigenvalue weighted by Crippen LogP contribution is 2.69. The van der Waals surface area contributed by atoms with Gasteiger partial charge in [-0.05, 0) is 136 Å². The second kappa shape index (κ2) is 12.5. The summed E-state index contributed by atoms with van der Waals surface area (Å²) in [4.78, 5) is 36.4. The van der Waals surface area contributed by atoms with Gasteiger partial charge in [-0.2, -0.15) is 0 Å². The first kappa shape index (κ1) is 32.3. The maximum Gasteiger partial charge on any atom is 0.306 e. The van der Waals surface area contributed by atoms with E-state index in [1.165, 1.54) is 19.3 Å². The van der Waals surface area contributed by atoms with Crippen LogP contribution in [0.5, 0.6) is 0 Å². The topological polar surface area (TPSA) is 108 Å². The van der Waals surface area contributed by atoms with Crippen LogP contribution in [-0.2, 0) is 33.3 Å². The molecule has 0 saturated heterocycles. The smallest absolute Gasteiger partial charge is 0.306 e. The van der Waals surface area contributed by atoms with Gasteiger partial charge < -0.3 is 24.1 Å². The zero-order valence-electron chi connectivity index (χ0n) is 27.4. The normalized spacial score (nSPS) is 48.0. The molecular weight excluding hydrogens is 560 g/mol. The molecule has 6 rings (SSSR count). The average Bonchev–Trinajstić information content (AvgIpc) is 3.71. The Kier molecular flexibility index (Phi) is 9.17. The first-order valence-electron chi connectivity index (χ1n) is 17.8. The number of carbonyl (C=O) groups is 3. The third-order valence-electron chi connectivity index (χ3n) is 14.8. The molecule has 6 aliphatic rings. The monoisotopic (exact) mass is 616 g/mol. The van der Waals surface area contributed by atoms with Gasteiger partial charge in [0.2, 0.25) is 0 Å². The highest BCUT2D eigenvalue weighted by molar-refractivity contribution is 5.70. The molecule has 0 radical (unpaired) electrons. The maximum absolute atomic E-state index is 13.3. The summed E-state index contributed by atoms with van der Waals surface area (Å²) < 4.78 is 23.9. The minimum absolute atomic E-state index is 0.0247. The molecule has 8 nitrogen and oxygen atoms in total. The molecule has 0 aliphatic heterocycles. The van der Waals surface area contributed by atoms with Gasteiger partial charge in [0.15, 0.2) is 0 Å². The van der Waals surface area contributed by atoms with Crippen molar-refractivity contribution in [2.45, 2.75) is 141 Å². The fraction of sp³-hybridized carbons (Fsp3) is 0.917. The summed E-state index contributed by atoms with van der Waals surface area (Å²) in [6.45, 7) is 10.1. The second-order valence-corrected chi connectivity index (χ2v) is 16.2. The Morgan fingerprint density at radius 3 is 2.41 bits per heavy atom. The lowest BCUT2D eigenvalue weighted by molar-refractivity contribution is -0.231. The van der Waals surface area contributed by atoms with Gasteiger partial charge in [0, 0.05) is 11.8 Å². The highest BCUT2D eigenvalue weighted by Gasteiger charge is 2.67. The molecule has 14 unspecified atom stereocenters. The number of hydrogen-bond donors (Lipinski definition) is 1. The molecule has 6 aliphatic carbocycles. The van der Waals surface area contributed by atoms with E-state index in [9.17, 15) is 19.5 Å². The van der Waals surface area contributed by atoms with Crippen molar-refractivity contribution in [2.75, 3.05) is 6.79 Å². The lowest BCUT2D eigenvalue weighted by Gasteiger charge is -2.64. The SMILES string of the molecule is CCC1(OC(=O)CCC(C)C2CCC3C4C(OCO)CC5CC(OC=O)CCC5(C)C4CC(OC=O)C23C)CC2CCC1C2. The summed E-state index contributed by atoms with van der Waals surface area (Å²) in [5.41, 5.74) is -0.459. The molecule has 6 saturated carbocycles. The predicted molar refractivity (Wildman–Crippen MR) is 163 cm³/mol. The van der Waals surface area contributed by atoms with E-state index in [4.69, 9.17) is 18.9 Å². The number of fused-ring (bicyclic) bond motifs is 7. The molecule has 0 spiro atoms. The third kappa shape index (κ3) is 5.22. The second-order valence-electron chi connectivity index (χ2n) is 16.2. The van der Waals surface area contributed by atoms with Gasteiger partial charge in [0.1, 0.15) is 24.6 Å². The summed E-state index contributed by atoms with van der Waals surface area (Å²) in [5.74, 6) is 2.94. The minimum Gasteiger partial charge on any atom is -0.465 e. The predicted octanol–water partition coefficient (Wildman–Crippen LogP) is 6.21. The minimum atomic E-state index is -0.313. The molecule has 1 N–H and O–H groups in total. The van der Waals surface area contributed by atoms with Crippen LogP contribution in [0.3, 0.4) is 0 Å². The molecule has 8 heteroatoms. The van der Waals surface area contributed by atoms with Gasteiger partial charge >= 0.3 is 5.97 Å². The molecule has 0 aromatic carbocycles. The Morgan fingerprint density at radius 2 is 1.75 bits per heavy atom. The van der Waals surface area contributed by atoms with Crippen molar-refractivity contribution in [2.24, 2.45) is 58.2 Å². The van der Waals surface area contributed by atoms with Crippen LogP contribution in [-0.4, -0.2) is 54.7 Å². The van der Waals surface area contributed by atoms with Crippen LogP contribution in [0.15, 0.2) is 0 Å². The Hall–Kier alpha value is -1.67. The Balaban J connectivity index is 1.19. The van der Waals surface area contributed by atoms with Crippen LogP contribution in [0.1, 0.15) is 118 Å². The van der Waals surface area contributed by atoms with Crippen LogP contribution in [0, 0.1) is 58.2 Å². The van der Waals surface area contributed by atoms with E-state index in [1.54, 1.807) is 0 Å². The van der Waals surface area contributed by atoms with Crippen LogP contribution < -0.4 is 0 Å². The summed E-state index contributed by atoms with van der Waals surface area (Å²) >= 11 is 0. The van der Waals surface area contributed by atoms with Gasteiger partial charge in [-0.1, -0.05) is 27.7 Å². The standard InChI is InChI=1S/C36H56O8/c1-5-36(18-23-7-8-24(36)14-23)44-32(40)11-6-22(2)27-9-10-28-33-29(17-31(43-21-39)35(27,28)4)34(3)13-12-26(41-19-37)15-25(34)16-30(33)42-20-38/h19,21-31,33,38H,5-18,20H2,1-4H3. The Bertz CT molecular complexity index is 1060. The number of carbonyl (C=O) groups excluding carboxylic acids is 3. The number of aliphatic hydroxyl groups is 1. The molecule has 0 heterocycles. The van der Waals surface area contributed by atoms with Crippen LogP contribution >= 0.6 is 0 Å². The van der Waals surface area contributed by atoms with Crippen LogP contribution in [0.4, 0.5) is 0 Å². The number of ether oxygens (including phenoxy) is 4. The number of rotatable bonds is 12. The molecule has 248 valence electrons. The van der Waals surface area contributed by atoms with E-state index in [-0.39, 0.29) is 65.3 Å². The van der Waals surface area contributed by atoms with Crippen molar-refractivity contribution < 1.29 is 38.4 Å². The van der Waals surface area contributed by atoms with Gasteiger partial charge in [-0.3, -0.25) is 14.4 Å². The highest BCUT2D eigenvalue weighted by atomic mass is 16.6. The van der Waals surface area contributed by atoms with Crippen molar-refractivity contribution in [3.63, 3.8) is 0 Å². The van der Waals surface area contributed by atoms with Crippen LogP contribution in [0.2, 0.25) is 0 Å². The van der Waals surface area contributed by atoms with E-state index in [1.807, 2.05) is 0 Å². The van der Waals surface area contributed by atoms with Gasteiger partial charge in [-0.15, -0.1) is 0 Å². The average molecular weight is 617 g/mol. The lowest BCUT2D eigenvalue weighted by Crippen LogP contribution is -2.63. The van der Waals surface area contributed by atoms with Crippen molar-refractivity contribution >= 4 is 18.9 Å². The summed E-state index contributed by atoms with van der Waals surface area (Å²) in [6.07, 6.45) is 12.8. The lowest BCUT2D eigenvalue weighted by atomic mass is 9.43. The maximum atomic E-state index is 13.3. The van der Waals surface area contributed by atoms with E-state index < -0.39 is 0 Å². The fourth-order valence-corrected chi connectivity index (χ4v) is 12.7. The van der Waals surface area contributed by atoms with Gasteiger partial charge in [0.05, 0.1) is 6.10 Å². The quantitative estimate of drug-likeness (QED) is 0.119. The summed E-state index contributed by atoms with van der Waals surface area (Å²) in [6, 6.07) is 0. The van der Waals surface area contributed by atoms with Gasteiger partial charge in [0.25, 0.3) is 12.9 Å². The molecule has 6 fully saturated rings. The summed E-state index contributed by atoms with van der Waals surface area (Å²) in [5, 5.41) is 9.97. The third-order valence-corrected chi connectivity index (χ3v) is 14.8. The van der Waals surface area contributed by atoms with Crippen molar-refractivity contribution in [1.29, 1.82) is 0 Å². The van der Waals surface area contributed by atoms with E-state index in [2.05, 4.69) is 27.7 Å². The zero-order valence-corrected chi connectivity index (χ0v) is 27.4. The first-order chi connectivity index (χ1) is 21.1. The number of aliphatic hydroxyl groups excluding tert-OH is 1. The molecule has 14 atom stereocenters. The largest absolute Gasteiger partial charge is 0.465 e. The van der Waals surface area contributed by atoms with E-state index >= 15 is 0 Å².